The standard InChI is InChI=1S/C15H24N2O.ClH/c1-4-5-11-17(3)12-10-15(18)16-14-8-6-13(2)7-9-14;/h6-9H,4-5,10-12H2,1-3H3,(H,16,18);1H/p-1. The number of carbonyl (C=O) groups excluding carboxylic acids is 1. The third-order valence-electron chi connectivity index (χ3n) is 2.95. The first kappa shape index (κ1) is 17.9. The summed E-state index contributed by atoms with van der Waals surface area (Å²) in [6, 6.07) is 7.88. The Morgan fingerprint density at radius 3 is 2.42 bits per heavy atom. The third kappa shape index (κ3) is 7.85. The van der Waals surface area contributed by atoms with Crippen molar-refractivity contribution in [2.75, 3.05) is 25.5 Å². The van der Waals surface area contributed by atoms with Crippen LogP contribution in [-0.2, 0) is 4.79 Å². The first-order valence-corrected chi connectivity index (χ1v) is 6.67. The monoisotopic (exact) mass is 283 g/mol. The van der Waals surface area contributed by atoms with Crippen molar-refractivity contribution in [1.29, 1.82) is 0 Å². The quantitative estimate of drug-likeness (QED) is 0.768. The molecule has 0 bridgehead atoms. The zero-order chi connectivity index (χ0) is 13.4. The summed E-state index contributed by atoms with van der Waals surface area (Å²) in [5, 5.41) is 2.91. The molecule has 1 aromatic rings. The molecule has 1 amide bonds. The van der Waals surface area contributed by atoms with Gasteiger partial charge in [-0.25, -0.2) is 0 Å². The topological polar surface area (TPSA) is 32.3 Å². The number of hydrogen-bond acceptors (Lipinski definition) is 2. The van der Waals surface area contributed by atoms with Crippen molar-refractivity contribution in [2.45, 2.75) is 33.1 Å². The van der Waals surface area contributed by atoms with Crippen molar-refractivity contribution in [3.63, 3.8) is 0 Å². The minimum Gasteiger partial charge on any atom is -1.00 e. The molecule has 0 fully saturated rings. The Balaban J connectivity index is 0.00000324. The van der Waals surface area contributed by atoms with E-state index in [0.717, 1.165) is 18.8 Å². The van der Waals surface area contributed by atoms with E-state index in [-0.39, 0.29) is 18.3 Å². The number of anilines is 1. The Hall–Kier alpha value is -1.06. The number of amides is 1. The van der Waals surface area contributed by atoms with Crippen molar-refractivity contribution in [1.82, 2.24) is 4.90 Å². The van der Waals surface area contributed by atoms with E-state index in [1.54, 1.807) is 0 Å². The van der Waals surface area contributed by atoms with E-state index in [1.807, 2.05) is 31.2 Å². The van der Waals surface area contributed by atoms with E-state index in [4.69, 9.17) is 0 Å². The van der Waals surface area contributed by atoms with E-state index in [0.29, 0.717) is 6.42 Å². The maximum Gasteiger partial charge on any atom is 0.225 e. The molecule has 0 aliphatic heterocycles. The van der Waals surface area contributed by atoms with Gasteiger partial charge >= 0.3 is 0 Å². The SMILES string of the molecule is CCCCN(C)CCC(=O)Nc1ccc(C)cc1.[Cl-]. The fourth-order valence-corrected chi connectivity index (χ4v) is 1.69. The normalized spacial score (nSPS) is 10.1. The lowest BCUT2D eigenvalue weighted by molar-refractivity contribution is -0.116. The molecule has 0 spiro atoms. The number of benzene rings is 1. The molecule has 108 valence electrons. The maximum absolute atomic E-state index is 11.7. The van der Waals surface area contributed by atoms with Crippen LogP contribution in [0.3, 0.4) is 0 Å². The highest BCUT2D eigenvalue weighted by atomic mass is 35.5. The molecule has 1 N–H and O–H groups in total. The highest BCUT2D eigenvalue weighted by Crippen LogP contribution is 2.08. The summed E-state index contributed by atoms with van der Waals surface area (Å²) in [7, 11) is 2.06. The fourth-order valence-electron chi connectivity index (χ4n) is 1.69. The number of halogens is 1. The Labute approximate surface area is 122 Å². The smallest absolute Gasteiger partial charge is 0.225 e. The van der Waals surface area contributed by atoms with Crippen molar-refractivity contribution in [2.24, 2.45) is 0 Å². The van der Waals surface area contributed by atoms with E-state index in [1.165, 1.54) is 18.4 Å². The molecular weight excluding hydrogens is 260 g/mol. The first-order chi connectivity index (χ1) is 8.61. The first-order valence-electron chi connectivity index (χ1n) is 6.67. The van der Waals surface area contributed by atoms with Gasteiger partial charge in [0, 0.05) is 18.7 Å². The molecule has 0 saturated heterocycles. The molecule has 3 nitrogen and oxygen atoms in total. The minimum atomic E-state index is 0. The average molecular weight is 284 g/mol. The number of nitrogens with zero attached hydrogens (tertiary/aromatic N) is 1. The van der Waals surface area contributed by atoms with Gasteiger partial charge in [-0.1, -0.05) is 31.0 Å². The summed E-state index contributed by atoms with van der Waals surface area (Å²) in [6.07, 6.45) is 2.93. The third-order valence-corrected chi connectivity index (χ3v) is 2.95. The molecule has 19 heavy (non-hydrogen) atoms. The number of aryl methyl sites for hydroxylation is 1. The summed E-state index contributed by atoms with van der Waals surface area (Å²) in [5.41, 5.74) is 2.08. The van der Waals surface area contributed by atoms with Crippen LogP contribution < -0.4 is 17.7 Å². The molecule has 0 radical (unpaired) electrons. The lowest BCUT2D eigenvalue weighted by Gasteiger charge is -2.15. The van der Waals surface area contributed by atoms with Crippen LogP contribution in [0.4, 0.5) is 5.69 Å². The van der Waals surface area contributed by atoms with E-state index < -0.39 is 0 Å². The van der Waals surface area contributed by atoms with Crippen LogP contribution in [0.5, 0.6) is 0 Å². The number of rotatable bonds is 7. The summed E-state index contributed by atoms with van der Waals surface area (Å²) in [5.74, 6) is 0.0854. The highest BCUT2D eigenvalue weighted by molar-refractivity contribution is 5.90. The lowest BCUT2D eigenvalue weighted by Crippen LogP contribution is -3.00. The molecule has 4 heteroatoms. The van der Waals surface area contributed by atoms with Gasteiger partial charge in [-0.3, -0.25) is 4.79 Å². The molecular formula is C15H24ClN2O-. The Morgan fingerprint density at radius 2 is 1.84 bits per heavy atom. The molecule has 1 aromatic carbocycles. The van der Waals surface area contributed by atoms with E-state index in [9.17, 15) is 4.79 Å². The Kier molecular flexibility index (Phi) is 9.27. The summed E-state index contributed by atoms with van der Waals surface area (Å²) in [4.78, 5) is 13.9. The second-order valence-corrected chi connectivity index (χ2v) is 4.82. The molecule has 0 aromatic heterocycles. The van der Waals surface area contributed by atoms with Crippen LogP contribution in [0.2, 0.25) is 0 Å². The van der Waals surface area contributed by atoms with E-state index >= 15 is 0 Å². The van der Waals surface area contributed by atoms with Gasteiger partial charge < -0.3 is 22.6 Å². The van der Waals surface area contributed by atoms with E-state index in [2.05, 4.69) is 24.2 Å². The summed E-state index contributed by atoms with van der Waals surface area (Å²) >= 11 is 0. The molecule has 0 heterocycles. The fraction of sp³-hybridized carbons (Fsp3) is 0.533. The van der Waals surface area contributed by atoms with Crippen LogP contribution in [0.1, 0.15) is 31.7 Å². The van der Waals surface area contributed by atoms with Crippen molar-refractivity contribution in [3.05, 3.63) is 29.8 Å². The van der Waals surface area contributed by atoms with Crippen LogP contribution in [0, 0.1) is 6.92 Å². The van der Waals surface area contributed by atoms with Crippen molar-refractivity contribution >= 4 is 11.6 Å². The molecule has 0 atom stereocenters. The lowest BCUT2D eigenvalue weighted by atomic mass is 10.2. The molecule has 0 aliphatic rings. The van der Waals surface area contributed by atoms with Gasteiger partial charge in [0.2, 0.25) is 5.91 Å². The van der Waals surface area contributed by atoms with Crippen molar-refractivity contribution < 1.29 is 17.2 Å². The maximum atomic E-state index is 11.7. The van der Waals surface area contributed by atoms with Gasteiger partial charge in [0.25, 0.3) is 0 Å². The predicted octanol–water partition coefficient (Wildman–Crippen LogP) is 0.0595. The Bertz CT molecular complexity index is 365. The van der Waals surface area contributed by atoms with Crippen LogP contribution in [0.25, 0.3) is 0 Å². The highest BCUT2D eigenvalue weighted by Gasteiger charge is 2.04. The predicted molar refractivity (Wildman–Crippen MR) is 76.8 cm³/mol. The van der Waals surface area contributed by atoms with Crippen LogP contribution in [-0.4, -0.2) is 30.9 Å². The number of unbranched alkanes of at least 4 members (excludes halogenated alkanes) is 1. The Morgan fingerprint density at radius 1 is 1.21 bits per heavy atom. The summed E-state index contributed by atoms with van der Waals surface area (Å²) in [6.45, 7) is 6.10. The zero-order valence-corrected chi connectivity index (χ0v) is 12.8. The second kappa shape index (κ2) is 9.82. The average Bonchev–Trinajstić information content (AvgIpc) is 2.36. The van der Waals surface area contributed by atoms with Crippen LogP contribution in [0.15, 0.2) is 24.3 Å². The van der Waals surface area contributed by atoms with Gasteiger partial charge in [-0.15, -0.1) is 0 Å². The van der Waals surface area contributed by atoms with Crippen molar-refractivity contribution in [3.8, 4) is 0 Å². The summed E-state index contributed by atoms with van der Waals surface area (Å²) < 4.78 is 0. The van der Waals surface area contributed by atoms with Gasteiger partial charge in [-0.05, 0) is 39.1 Å². The van der Waals surface area contributed by atoms with Gasteiger partial charge in [0.1, 0.15) is 0 Å². The number of carbonyl (C=O) groups is 1. The van der Waals surface area contributed by atoms with Gasteiger partial charge in [0.15, 0.2) is 0 Å². The molecule has 0 saturated carbocycles. The number of hydrogen-bond donors (Lipinski definition) is 1. The van der Waals surface area contributed by atoms with Gasteiger partial charge in [-0.2, -0.15) is 0 Å². The zero-order valence-electron chi connectivity index (χ0n) is 12.1. The molecule has 0 aliphatic carbocycles. The largest absolute Gasteiger partial charge is 1.00 e. The molecule has 1 rings (SSSR count). The second-order valence-electron chi connectivity index (χ2n) is 4.82. The minimum absolute atomic E-state index is 0. The van der Waals surface area contributed by atoms with Crippen LogP contribution >= 0.6 is 0 Å². The molecule has 0 unspecified atom stereocenters. The van der Waals surface area contributed by atoms with Gasteiger partial charge in [0.05, 0.1) is 0 Å². The number of nitrogens with one attached hydrogen (secondary N) is 1.